The summed E-state index contributed by atoms with van der Waals surface area (Å²) in [6, 6.07) is 10.6. The highest BCUT2D eigenvalue weighted by molar-refractivity contribution is 5.80. The summed E-state index contributed by atoms with van der Waals surface area (Å²) in [6.07, 6.45) is 3.93. The normalized spacial score (nSPS) is 22.5. The lowest BCUT2D eigenvalue weighted by Crippen LogP contribution is -2.52. The summed E-state index contributed by atoms with van der Waals surface area (Å²) in [7, 11) is 1.87. The third-order valence-electron chi connectivity index (χ3n) is 4.69. The highest BCUT2D eigenvalue weighted by atomic mass is 16.5. The smallest absolute Gasteiger partial charge is 0.193 e. The van der Waals surface area contributed by atoms with Gasteiger partial charge in [-0.15, -0.1) is 0 Å². The molecule has 2 fully saturated rings. The Bertz CT molecular complexity index is 491. The molecule has 1 aromatic carbocycles. The molecule has 2 aliphatic rings. The SMILES string of the molecule is CN=C(NCCC1CCCO1)N1CCN(c2ccccc2)CC1. The number of hydrogen-bond donors (Lipinski definition) is 1. The third kappa shape index (κ3) is 4.38. The second-order valence-corrected chi connectivity index (χ2v) is 6.21. The first-order valence-electron chi connectivity index (χ1n) is 8.74. The number of hydrogen-bond acceptors (Lipinski definition) is 3. The highest BCUT2D eigenvalue weighted by Crippen LogP contribution is 2.16. The zero-order chi connectivity index (χ0) is 15.9. The molecule has 3 rings (SSSR count). The van der Waals surface area contributed by atoms with Crippen LogP contribution >= 0.6 is 0 Å². The molecule has 1 aromatic rings. The average molecular weight is 316 g/mol. The number of para-hydroxylation sites is 1. The number of piperazine rings is 1. The minimum absolute atomic E-state index is 0.440. The van der Waals surface area contributed by atoms with Crippen LogP contribution in [0.15, 0.2) is 35.3 Å². The molecule has 0 saturated carbocycles. The fraction of sp³-hybridized carbons (Fsp3) is 0.611. The molecule has 0 amide bonds. The van der Waals surface area contributed by atoms with Crippen molar-refractivity contribution in [3.63, 3.8) is 0 Å². The lowest BCUT2D eigenvalue weighted by atomic mass is 10.2. The van der Waals surface area contributed by atoms with Crippen molar-refractivity contribution in [3.05, 3.63) is 30.3 Å². The molecule has 126 valence electrons. The lowest BCUT2D eigenvalue weighted by molar-refractivity contribution is 0.105. The van der Waals surface area contributed by atoms with Gasteiger partial charge in [0.05, 0.1) is 6.10 Å². The summed E-state index contributed by atoms with van der Waals surface area (Å²) >= 11 is 0. The van der Waals surface area contributed by atoms with Gasteiger partial charge in [0.15, 0.2) is 5.96 Å². The average Bonchev–Trinajstić information content (AvgIpc) is 3.13. The van der Waals surface area contributed by atoms with Gasteiger partial charge in [0, 0.05) is 52.1 Å². The van der Waals surface area contributed by atoms with E-state index < -0.39 is 0 Å². The van der Waals surface area contributed by atoms with Crippen molar-refractivity contribution < 1.29 is 4.74 Å². The summed E-state index contributed by atoms with van der Waals surface area (Å²) in [5.74, 6) is 1.02. The fourth-order valence-electron chi connectivity index (χ4n) is 3.36. The van der Waals surface area contributed by atoms with Crippen molar-refractivity contribution in [2.75, 3.05) is 51.3 Å². The van der Waals surface area contributed by atoms with E-state index in [4.69, 9.17) is 4.74 Å². The van der Waals surface area contributed by atoms with Crippen molar-refractivity contribution in [3.8, 4) is 0 Å². The molecule has 0 spiro atoms. The first kappa shape index (κ1) is 16.1. The molecule has 2 heterocycles. The number of rotatable bonds is 4. The van der Waals surface area contributed by atoms with Crippen molar-refractivity contribution >= 4 is 11.6 Å². The molecule has 2 aliphatic heterocycles. The molecule has 23 heavy (non-hydrogen) atoms. The van der Waals surface area contributed by atoms with Crippen LogP contribution in [-0.4, -0.2) is 63.3 Å². The van der Waals surface area contributed by atoms with E-state index in [1.165, 1.54) is 18.5 Å². The van der Waals surface area contributed by atoms with Gasteiger partial charge in [0.1, 0.15) is 0 Å². The van der Waals surface area contributed by atoms with E-state index in [1.807, 2.05) is 7.05 Å². The monoisotopic (exact) mass is 316 g/mol. The second-order valence-electron chi connectivity index (χ2n) is 6.21. The largest absolute Gasteiger partial charge is 0.378 e. The van der Waals surface area contributed by atoms with Gasteiger partial charge >= 0.3 is 0 Å². The Morgan fingerprint density at radius 1 is 1.22 bits per heavy atom. The van der Waals surface area contributed by atoms with Crippen LogP contribution in [0.25, 0.3) is 0 Å². The number of ether oxygens (including phenoxy) is 1. The van der Waals surface area contributed by atoms with Gasteiger partial charge in [-0.05, 0) is 31.4 Å². The van der Waals surface area contributed by atoms with Gasteiger partial charge < -0.3 is 19.9 Å². The summed E-state index contributed by atoms with van der Waals surface area (Å²) in [6.45, 7) is 5.97. The molecule has 5 heteroatoms. The maximum absolute atomic E-state index is 5.68. The number of anilines is 1. The molecule has 1 atom stereocenters. The predicted octanol–water partition coefficient (Wildman–Crippen LogP) is 1.95. The van der Waals surface area contributed by atoms with E-state index in [2.05, 4.69) is 50.4 Å². The van der Waals surface area contributed by atoms with Crippen LogP contribution < -0.4 is 10.2 Å². The van der Waals surface area contributed by atoms with Crippen LogP contribution in [0.1, 0.15) is 19.3 Å². The maximum Gasteiger partial charge on any atom is 0.193 e. The Kier molecular flexibility index (Phi) is 5.75. The molecule has 5 nitrogen and oxygen atoms in total. The molecule has 0 aromatic heterocycles. The molecule has 0 aliphatic carbocycles. The van der Waals surface area contributed by atoms with E-state index in [1.54, 1.807) is 0 Å². The van der Waals surface area contributed by atoms with E-state index in [9.17, 15) is 0 Å². The summed E-state index contributed by atoms with van der Waals surface area (Å²) < 4.78 is 5.68. The Labute approximate surface area is 139 Å². The molecular formula is C18H28N4O. The molecule has 0 bridgehead atoms. The van der Waals surface area contributed by atoms with Gasteiger partial charge in [-0.25, -0.2) is 0 Å². The highest BCUT2D eigenvalue weighted by Gasteiger charge is 2.20. The molecular weight excluding hydrogens is 288 g/mol. The van der Waals surface area contributed by atoms with Crippen LogP contribution in [0.2, 0.25) is 0 Å². The van der Waals surface area contributed by atoms with Crippen molar-refractivity contribution in [2.24, 2.45) is 4.99 Å². The summed E-state index contributed by atoms with van der Waals surface area (Å²) in [5.41, 5.74) is 1.31. The quantitative estimate of drug-likeness (QED) is 0.681. The van der Waals surface area contributed by atoms with Crippen LogP contribution in [0.4, 0.5) is 5.69 Å². The van der Waals surface area contributed by atoms with Crippen molar-refractivity contribution in [1.82, 2.24) is 10.2 Å². The van der Waals surface area contributed by atoms with Gasteiger partial charge in [0.2, 0.25) is 0 Å². The van der Waals surface area contributed by atoms with Crippen molar-refractivity contribution in [1.29, 1.82) is 0 Å². The number of nitrogens with zero attached hydrogens (tertiary/aromatic N) is 3. The van der Waals surface area contributed by atoms with E-state index in [-0.39, 0.29) is 0 Å². The molecule has 1 unspecified atom stereocenters. The Hall–Kier alpha value is -1.75. The van der Waals surface area contributed by atoms with Crippen LogP contribution in [0.5, 0.6) is 0 Å². The minimum atomic E-state index is 0.440. The molecule has 0 radical (unpaired) electrons. The molecule has 2 saturated heterocycles. The van der Waals surface area contributed by atoms with Crippen LogP contribution in [0, 0.1) is 0 Å². The van der Waals surface area contributed by atoms with Crippen LogP contribution in [0.3, 0.4) is 0 Å². The third-order valence-corrected chi connectivity index (χ3v) is 4.69. The Morgan fingerprint density at radius 2 is 2.00 bits per heavy atom. The maximum atomic E-state index is 5.68. The zero-order valence-corrected chi connectivity index (χ0v) is 14.1. The summed E-state index contributed by atoms with van der Waals surface area (Å²) in [5, 5.41) is 3.50. The number of nitrogens with one attached hydrogen (secondary N) is 1. The van der Waals surface area contributed by atoms with Crippen LogP contribution in [-0.2, 0) is 4.74 Å². The first-order chi connectivity index (χ1) is 11.4. The number of guanidine groups is 1. The Balaban J connectivity index is 1.43. The van der Waals surface area contributed by atoms with Gasteiger partial charge in [-0.3, -0.25) is 4.99 Å². The number of benzene rings is 1. The second kappa shape index (κ2) is 8.20. The summed E-state index contributed by atoms with van der Waals surface area (Å²) in [4.78, 5) is 9.24. The van der Waals surface area contributed by atoms with E-state index in [0.29, 0.717) is 6.10 Å². The fourth-order valence-corrected chi connectivity index (χ4v) is 3.36. The van der Waals surface area contributed by atoms with E-state index >= 15 is 0 Å². The number of aliphatic imine (C=N–C) groups is 1. The van der Waals surface area contributed by atoms with Gasteiger partial charge in [-0.1, -0.05) is 18.2 Å². The topological polar surface area (TPSA) is 40.1 Å². The lowest BCUT2D eigenvalue weighted by Gasteiger charge is -2.37. The first-order valence-corrected chi connectivity index (χ1v) is 8.74. The van der Waals surface area contributed by atoms with Gasteiger partial charge in [-0.2, -0.15) is 0 Å². The molecule has 1 N–H and O–H groups in total. The van der Waals surface area contributed by atoms with Gasteiger partial charge in [0.25, 0.3) is 0 Å². The Morgan fingerprint density at radius 3 is 2.65 bits per heavy atom. The predicted molar refractivity (Wildman–Crippen MR) is 95.2 cm³/mol. The zero-order valence-electron chi connectivity index (χ0n) is 14.1. The minimum Gasteiger partial charge on any atom is -0.378 e. The van der Waals surface area contributed by atoms with E-state index in [0.717, 1.165) is 51.7 Å². The van der Waals surface area contributed by atoms with Crippen molar-refractivity contribution in [2.45, 2.75) is 25.4 Å². The standard InChI is InChI=1S/C18H28N4O/c1-19-18(20-10-9-17-8-5-15-23-17)22-13-11-21(12-14-22)16-6-3-2-4-7-16/h2-4,6-7,17H,5,8-15H2,1H3,(H,19,20).